The monoisotopic (exact) mass is 524 g/mol. The summed E-state index contributed by atoms with van der Waals surface area (Å²) in [6.07, 6.45) is 1.43. The van der Waals surface area contributed by atoms with E-state index >= 15 is 0 Å². The lowest BCUT2D eigenvalue weighted by Gasteiger charge is -2.04. The summed E-state index contributed by atoms with van der Waals surface area (Å²) in [5.41, 5.74) is 0.0263. The molecule has 0 fully saturated rings. The van der Waals surface area contributed by atoms with Gasteiger partial charge in [0.05, 0.1) is 32.6 Å². The van der Waals surface area contributed by atoms with Crippen molar-refractivity contribution in [3.63, 3.8) is 0 Å². The summed E-state index contributed by atoms with van der Waals surface area (Å²) in [5, 5.41) is 22.3. The predicted octanol–water partition coefficient (Wildman–Crippen LogP) is 6.21. The number of carbonyl (C=O) groups is 2. The number of thioether (sulfide) groups is 1. The number of nitro benzene ring substituents is 1. The van der Waals surface area contributed by atoms with Crippen molar-refractivity contribution in [3.8, 4) is 11.3 Å². The Morgan fingerprint density at radius 2 is 1.89 bits per heavy atom. The molecule has 3 aromatic rings. The first-order valence-electron chi connectivity index (χ1n) is 10.5. The smallest absolute Gasteiger partial charge is 0.344 e. The molecule has 0 unspecified atom stereocenters. The van der Waals surface area contributed by atoms with Gasteiger partial charge in [0.2, 0.25) is 0 Å². The van der Waals surface area contributed by atoms with Gasteiger partial charge in [0, 0.05) is 6.07 Å². The number of amides is 1. The van der Waals surface area contributed by atoms with Gasteiger partial charge in [-0.05, 0) is 43.3 Å². The third-order valence-corrected chi connectivity index (χ3v) is 6.29. The predicted molar refractivity (Wildman–Crippen MR) is 136 cm³/mol. The third kappa shape index (κ3) is 5.09. The lowest BCUT2D eigenvalue weighted by Crippen LogP contribution is -2.14. The minimum Gasteiger partial charge on any atom is -0.506 e. The number of nitro groups is 1. The number of aliphatic imine (C=N–C) groups is 1. The molecule has 1 aliphatic rings. The van der Waals surface area contributed by atoms with Crippen molar-refractivity contribution in [2.24, 2.45) is 4.99 Å². The fourth-order valence-corrected chi connectivity index (χ4v) is 4.53. The molecule has 2 heterocycles. The maximum Gasteiger partial charge on any atom is 0.344 e. The Balaban J connectivity index is 1.71. The molecule has 0 spiro atoms. The molecule has 0 radical (unpaired) electrons. The highest BCUT2D eigenvalue weighted by Crippen LogP contribution is 2.40. The van der Waals surface area contributed by atoms with E-state index in [9.17, 15) is 24.8 Å². The van der Waals surface area contributed by atoms with Crippen LogP contribution in [0.15, 0.2) is 86.3 Å². The first-order valence-corrected chi connectivity index (χ1v) is 11.7. The zero-order valence-electron chi connectivity index (χ0n) is 18.6. The standard InChI is InChI=1S/C25H17ClN2O7S/c1-2-34-25(31)21-22(29)20(36-24(21)27-23(30)15-7-3-5-9-17(15)26)13-14-11-12-19(35-14)16-8-4-6-10-18(16)28(32)33/h3-13,29H,2H2,1H3/b20-13-,27-24?. The number of benzene rings is 2. The van der Waals surface area contributed by atoms with Crippen molar-refractivity contribution in [1.82, 2.24) is 0 Å². The normalized spacial score (nSPS) is 15.5. The number of halogens is 1. The van der Waals surface area contributed by atoms with Crippen LogP contribution in [0.25, 0.3) is 17.4 Å². The van der Waals surface area contributed by atoms with E-state index in [1.807, 2.05) is 0 Å². The number of nitrogens with zero attached hydrogens (tertiary/aromatic N) is 2. The Bertz CT molecular complexity index is 1470. The Morgan fingerprint density at radius 1 is 1.17 bits per heavy atom. The van der Waals surface area contributed by atoms with E-state index in [1.165, 1.54) is 24.3 Å². The van der Waals surface area contributed by atoms with Crippen LogP contribution in [0.3, 0.4) is 0 Å². The molecule has 2 aromatic carbocycles. The van der Waals surface area contributed by atoms with Gasteiger partial charge >= 0.3 is 5.97 Å². The molecule has 4 rings (SSSR count). The summed E-state index contributed by atoms with van der Waals surface area (Å²) >= 11 is 6.96. The van der Waals surface area contributed by atoms with Crippen molar-refractivity contribution < 1.29 is 28.8 Å². The molecule has 0 bridgehead atoms. The number of ether oxygens (including phenoxy) is 1. The topological polar surface area (TPSA) is 132 Å². The summed E-state index contributed by atoms with van der Waals surface area (Å²) in [6, 6.07) is 15.5. The summed E-state index contributed by atoms with van der Waals surface area (Å²) in [5.74, 6) is -1.49. The summed E-state index contributed by atoms with van der Waals surface area (Å²) in [4.78, 5) is 40.3. The number of aliphatic hydroxyl groups excluding tert-OH is 1. The molecule has 1 aromatic heterocycles. The lowest BCUT2D eigenvalue weighted by molar-refractivity contribution is -0.384. The Kier molecular flexibility index (Phi) is 7.37. The molecule has 1 aliphatic heterocycles. The Morgan fingerprint density at radius 3 is 2.61 bits per heavy atom. The molecule has 11 heteroatoms. The van der Waals surface area contributed by atoms with E-state index in [4.69, 9.17) is 20.8 Å². The van der Waals surface area contributed by atoms with Crippen molar-refractivity contribution in [2.75, 3.05) is 6.61 Å². The first kappa shape index (κ1) is 25.0. The van der Waals surface area contributed by atoms with Crippen molar-refractivity contribution >= 4 is 52.0 Å². The van der Waals surface area contributed by atoms with Crippen molar-refractivity contribution in [3.05, 3.63) is 103 Å². The fraction of sp³-hybridized carbons (Fsp3) is 0.0800. The summed E-state index contributed by atoms with van der Waals surface area (Å²) in [6.45, 7) is 1.65. The van der Waals surface area contributed by atoms with Crippen LogP contribution in [0, 0.1) is 10.1 Å². The van der Waals surface area contributed by atoms with E-state index < -0.39 is 22.6 Å². The highest BCUT2D eigenvalue weighted by Gasteiger charge is 2.34. The van der Waals surface area contributed by atoms with E-state index in [0.717, 1.165) is 11.8 Å². The van der Waals surface area contributed by atoms with Gasteiger partial charge in [-0.15, -0.1) is 0 Å². The first-order chi connectivity index (χ1) is 17.3. The van der Waals surface area contributed by atoms with Gasteiger partial charge in [0.15, 0.2) is 0 Å². The molecule has 0 atom stereocenters. The Labute approximate surface area is 213 Å². The largest absolute Gasteiger partial charge is 0.506 e. The molecule has 36 heavy (non-hydrogen) atoms. The number of para-hydroxylation sites is 1. The van der Waals surface area contributed by atoms with E-state index in [1.54, 1.807) is 49.4 Å². The van der Waals surface area contributed by atoms with Gasteiger partial charge in [0.25, 0.3) is 11.6 Å². The van der Waals surface area contributed by atoms with Crippen LogP contribution in [-0.4, -0.2) is 33.6 Å². The van der Waals surface area contributed by atoms with Gasteiger partial charge < -0.3 is 14.3 Å². The summed E-state index contributed by atoms with van der Waals surface area (Å²) in [7, 11) is 0. The lowest BCUT2D eigenvalue weighted by atomic mass is 10.1. The van der Waals surface area contributed by atoms with Crippen LogP contribution in [0.5, 0.6) is 0 Å². The SMILES string of the molecule is CCOC(=O)C1=C(O)/C(=C/c2ccc(-c3ccccc3[N+](=O)[O-])o2)SC1=NC(=O)c1ccccc1Cl. The van der Waals surface area contributed by atoms with Crippen LogP contribution in [0.1, 0.15) is 23.0 Å². The minimum absolute atomic E-state index is 0.0441. The zero-order chi connectivity index (χ0) is 25.8. The van der Waals surface area contributed by atoms with Crippen LogP contribution in [0.4, 0.5) is 5.69 Å². The van der Waals surface area contributed by atoms with E-state index in [-0.39, 0.29) is 55.5 Å². The molecule has 0 aliphatic carbocycles. The maximum absolute atomic E-state index is 12.7. The number of hydrogen-bond donors (Lipinski definition) is 1. The molecule has 9 nitrogen and oxygen atoms in total. The van der Waals surface area contributed by atoms with Gasteiger partial charge in [-0.2, -0.15) is 0 Å². The molecule has 1 amide bonds. The van der Waals surface area contributed by atoms with Gasteiger partial charge in [0.1, 0.15) is 27.9 Å². The maximum atomic E-state index is 12.7. The second-order valence-electron chi connectivity index (χ2n) is 7.23. The number of hydrogen-bond acceptors (Lipinski definition) is 8. The number of aliphatic hydroxyl groups is 1. The van der Waals surface area contributed by atoms with Gasteiger partial charge in [-0.1, -0.05) is 47.6 Å². The number of carbonyl (C=O) groups excluding carboxylic acids is 2. The average Bonchev–Trinajstić information content (AvgIpc) is 3.44. The van der Waals surface area contributed by atoms with Crippen LogP contribution in [-0.2, 0) is 9.53 Å². The van der Waals surface area contributed by atoms with Gasteiger partial charge in [-0.25, -0.2) is 9.79 Å². The number of rotatable bonds is 6. The second kappa shape index (κ2) is 10.6. The molecule has 0 saturated heterocycles. The molecule has 1 N–H and O–H groups in total. The van der Waals surface area contributed by atoms with E-state index in [2.05, 4.69) is 4.99 Å². The van der Waals surface area contributed by atoms with Crippen LogP contribution >= 0.6 is 23.4 Å². The quantitative estimate of drug-likeness (QED) is 0.228. The van der Waals surface area contributed by atoms with E-state index in [0.29, 0.717) is 0 Å². The highest BCUT2D eigenvalue weighted by atomic mass is 35.5. The molecule has 182 valence electrons. The highest BCUT2D eigenvalue weighted by molar-refractivity contribution is 8.18. The van der Waals surface area contributed by atoms with Gasteiger partial charge in [-0.3, -0.25) is 14.9 Å². The third-order valence-electron chi connectivity index (χ3n) is 4.94. The van der Waals surface area contributed by atoms with Crippen LogP contribution in [0.2, 0.25) is 5.02 Å². The molecular formula is C25H17ClN2O7S. The van der Waals surface area contributed by atoms with Crippen molar-refractivity contribution in [1.29, 1.82) is 0 Å². The molecular weight excluding hydrogens is 508 g/mol. The molecule has 0 saturated carbocycles. The number of esters is 1. The minimum atomic E-state index is -0.850. The van der Waals surface area contributed by atoms with Crippen molar-refractivity contribution in [2.45, 2.75) is 6.92 Å². The number of furan rings is 1. The average molecular weight is 525 g/mol. The van der Waals surface area contributed by atoms with Crippen LogP contribution < -0.4 is 0 Å². The summed E-state index contributed by atoms with van der Waals surface area (Å²) < 4.78 is 10.8. The second-order valence-corrected chi connectivity index (χ2v) is 8.67. The zero-order valence-corrected chi connectivity index (χ0v) is 20.2. The fourth-order valence-electron chi connectivity index (χ4n) is 3.32. The Hall–Kier alpha value is -4.15.